The molecule has 0 aliphatic carbocycles. The Labute approximate surface area is 209 Å². The number of para-hydroxylation sites is 1. The number of benzene rings is 3. The molecule has 0 saturated heterocycles. The van der Waals surface area contributed by atoms with Gasteiger partial charge in [-0.3, -0.25) is 0 Å². The predicted octanol–water partition coefficient (Wildman–Crippen LogP) is 6.46. The summed E-state index contributed by atoms with van der Waals surface area (Å²) in [5, 5.41) is 1.60. The monoisotopic (exact) mass is 514 g/mol. The van der Waals surface area contributed by atoms with Crippen molar-refractivity contribution in [2.75, 3.05) is 9.44 Å². The molecule has 0 radical (unpaired) electrons. The number of fused-ring (bicyclic) bond motifs is 2. The van der Waals surface area contributed by atoms with E-state index in [1.165, 1.54) is 0 Å². The lowest BCUT2D eigenvalue weighted by molar-refractivity contribution is 0.0845. The number of ether oxygens (including phenoxy) is 1. The molecule has 1 aliphatic heterocycles. The van der Waals surface area contributed by atoms with Gasteiger partial charge in [-0.05, 0) is 68.7 Å². The number of nitrogens with one attached hydrogen (secondary N) is 2. The average molecular weight is 515 g/mol. The van der Waals surface area contributed by atoms with E-state index < -0.39 is 22.7 Å². The van der Waals surface area contributed by atoms with Gasteiger partial charge >= 0.3 is 5.09 Å². The van der Waals surface area contributed by atoms with E-state index in [2.05, 4.69) is 23.3 Å². The number of anilines is 2. The van der Waals surface area contributed by atoms with Crippen LogP contribution in [0.5, 0.6) is 5.75 Å². The molecule has 1 aromatic heterocycles. The molecule has 0 saturated carbocycles. The Kier molecular flexibility index (Phi) is 6.35. The van der Waals surface area contributed by atoms with E-state index in [1.54, 1.807) is 30.3 Å². The summed E-state index contributed by atoms with van der Waals surface area (Å²) < 4.78 is 43.8. The summed E-state index contributed by atoms with van der Waals surface area (Å²) in [6, 6.07) is 19.7. The maximum atomic E-state index is 13.1. The Morgan fingerprint density at radius 2 is 1.71 bits per heavy atom. The van der Waals surface area contributed by atoms with Gasteiger partial charge in [-0.15, -0.1) is 0 Å². The summed E-state index contributed by atoms with van der Waals surface area (Å²) in [6.07, 6.45) is 1.75. The fraction of sp³-hybridized carbons (Fsp3) is 0.200. The minimum Gasteiger partial charge on any atom is -0.588 e. The molecule has 34 heavy (non-hydrogen) atoms. The molecule has 4 aromatic rings. The van der Waals surface area contributed by atoms with Crippen molar-refractivity contribution in [2.45, 2.75) is 42.3 Å². The maximum Gasteiger partial charge on any atom is 0.339 e. The first kappa shape index (κ1) is 23.3. The Morgan fingerprint density at radius 1 is 0.912 bits per heavy atom. The first-order valence-electron chi connectivity index (χ1n) is 10.7. The van der Waals surface area contributed by atoms with Gasteiger partial charge in [-0.2, -0.15) is 4.72 Å². The van der Waals surface area contributed by atoms with Gasteiger partial charge in [0.2, 0.25) is 0 Å². The largest absolute Gasteiger partial charge is 0.588 e. The van der Waals surface area contributed by atoms with Gasteiger partial charge in [-0.25, -0.2) is 4.72 Å². The third-order valence-electron chi connectivity index (χ3n) is 5.60. The fourth-order valence-electron chi connectivity index (χ4n) is 3.80. The minimum absolute atomic E-state index is 0.203. The van der Waals surface area contributed by atoms with Gasteiger partial charge in [-0.1, -0.05) is 29.8 Å². The number of hydrogen-bond acceptors (Lipinski definition) is 6. The van der Waals surface area contributed by atoms with Crippen LogP contribution in [0.25, 0.3) is 11.0 Å². The zero-order valence-corrected chi connectivity index (χ0v) is 21.0. The fourth-order valence-corrected chi connectivity index (χ4v) is 5.78. The molecule has 6 nitrogen and oxygen atoms in total. The van der Waals surface area contributed by atoms with Gasteiger partial charge < -0.3 is 18.3 Å². The Morgan fingerprint density at radius 3 is 2.53 bits per heavy atom. The van der Waals surface area contributed by atoms with E-state index in [-0.39, 0.29) is 10.7 Å². The molecule has 176 valence electrons. The zero-order chi connectivity index (χ0) is 23.9. The van der Waals surface area contributed by atoms with E-state index in [0.29, 0.717) is 26.9 Å². The first-order valence-corrected chi connectivity index (χ1v) is 13.4. The second-order valence-electron chi connectivity index (χ2n) is 8.67. The van der Waals surface area contributed by atoms with Crippen molar-refractivity contribution < 1.29 is 18.3 Å². The summed E-state index contributed by atoms with van der Waals surface area (Å²) in [4.78, 5) is 0.626. The second kappa shape index (κ2) is 9.28. The molecule has 2 N–H and O–H groups in total. The molecule has 2 unspecified atom stereocenters. The topological polar surface area (TPSA) is 92.5 Å². The van der Waals surface area contributed by atoms with Crippen LogP contribution in [0.1, 0.15) is 25.8 Å². The van der Waals surface area contributed by atoms with Gasteiger partial charge in [0.1, 0.15) is 51.0 Å². The summed E-state index contributed by atoms with van der Waals surface area (Å²) >= 11 is 2.95. The highest BCUT2D eigenvalue weighted by Gasteiger charge is 2.28. The Hall–Kier alpha value is -2.49. The predicted molar refractivity (Wildman–Crippen MR) is 137 cm³/mol. The lowest BCUT2D eigenvalue weighted by Crippen LogP contribution is -2.32. The van der Waals surface area contributed by atoms with E-state index in [1.807, 2.05) is 36.4 Å². The summed E-state index contributed by atoms with van der Waals surface area (Å²) in [7, 11) is 0. The smallest absolute Gasteiger partial charge is 0.339 e. The second-order valence-corrected chi connectivity index (χ2v) is 11.5. The van der Waals surface area contributed by atoms with Crippen LogP contribution in [0.3, 0.4) is 0 Å². The molecule has 0 amide bonds. The van der Waals surface area contributed by atoms with Crippen molar-refractivity contribution >= 4 is 56.7 Å². The molecule has 2 heterocycles. The highest BCUT2D eigenvalue weighted by atomic mass is 35.5. The molecule has 3 aromatic carbocycles. The first-order chi connectivity index (χ1) is 16.3. The molecule has 0 fully saturated rings. The highest BCUT2D eigenvalue weighted by molar-refractivity contribution is 7.93. The van der Waals surface area contributed by atoms with E-state index in [4.69, 9.17) is 20.8 Å². The van der Waals surface area contributed by atoms with Crippen molar-refractivity contribution in [3.05, 3.63) is 77.3 Å². The van der Waals surface area contributed by atoms with Gasteiger partial charge in [0.05, 0.1) is 0 Å². The van der Waals surface area contributed by atoms with Crippen LogP contribution >= 0.6 is 11.6 Å². The molecule has 1 aliphatic rings. The van der Waals surface area contributed by atoms with Crippen LogP contribution in [0.15, 0.2) is 81.1 Å². The van der Waals surface area contributed by atoms with Crippen molar-refractivity contribution in [3.63, 3.8) is 0 Å². The van der Waals surface area contributed by atoms with Crippen molar-refractivity contribution in [1.29, 1.82) is 0 Å². The van der Waals surface area contributed by atoms with Crippen LogP contribution < -0.4 is 14.2 Å². The van der Waals surface area contributed by atoms with E-state index in [0.717, 1.165) is 29.5 Å². The lowest BCUT2D eigenvalue weighted by Gasteiger charge is -2.32. The Balaban J connectivity index is 1.35. The normalized spacial score (nSPS) is 16.4. The minimum atomic E-state index is -1.69. The van der Waals surface area contributed by atoms with Crippen molar-refractivity contribution in [3.8, 4) is 5.75 Å². The van der Waals surface area contributed by atoms with Gasteiger partial charge in [0.25, 0.3) is 0 Å². The maximum absolute atomic E-state index is 13.1. The third kappa shape index (κ3) is 4.96. The molecule has 9 heteroatoms. The molecule has 0 bridgehead atoms. The number of furan rings is 1. The SMILES string of the molecule is CC1(C)CCc2cc([S+]([O-])Nc3ccc(Cl)cc3N[S+]([O-])c3cc4ccccc4o3)ccc2O1. The molecule has 2 atom stereocenters. The van der Waals surface area contributed by atoms with Crippen LogP contribution in [0.4, 0.5) is 11.4 Å². The van der Waals surface area contributed by atoms with E-state index >= 15 is 0 Å². The summed E-state index contributed by atoms with van der Waals surface area (Å²) in [5.41, 5.74) is 2.43. The van der Waals surface area contributed by atoms with Crippen LogP contribution in [-0.4, -0.2) is 14.7 Å². The number of aryl methyl sites for hydroxylation is 1. The lowest BCUT2D eigenvalue weighted by atomic mass is 9.94. The van der Waals surface area contributed by atoms with Gasteiger partial charge in [0.15, 0.2) is 4.90 Å². The quantitative estimate of drug-likeness (QED) is 0.287. The molecule has 0 spiro atoms. The Bertz CT molecular complexity index is 1310. The van der Waals surface area contributed by atoms with Crippen LogP contribution in [0.2, 0.25) is 5.02 Å². The summed E-state index contributed by atoms with van der Waals surface area (Å²) in [6.45, 7) is 4.13. The number of hydrogen-bond donors (Lipinski definition) is 2. The third-order valence-corrected chi connectivity index (χ3v) is 7.90. The molecular weight excluding hydrogens is 492 g/mol. The highest BCUT2D eigenvalue weighted by Crippen LogP contribution is 2.36. The standard InChI is InChI=1S/C25H23ClN2O4S2/c1-25(2)12-11-17-13-19(8-10-23(17)32-25)33(29)27-20-9-7-18(26)15-21(20)28-34(30)24-14-16-5-3-4-6-22(16)31-24/h3-10,13-15,27-28H,11-12H2,1-2H3. The van der Waals surface area contributed by atoms with Crippen LogP contribution in [-0.2, 0) is 29.1 Å². The zero-order valence-electron chi connectivity index (χ0n) is 18.6. The molecule has 5 rings (SSSR count). The number of rotatable bonds is 6. The number of halogens is 1. The summed E-state index contributed by atoms with van der Waals surface area (Å²) in [5.74, 6) is 0.826. The molecular formula is C25H23ClN2O4S2. The van der Waals surface area contributed by atoms with Crippen molar-refractivity contribution in [2.24, 2.45) is 0 Å². The van der Waals surface area contributed by atoms with Crippen LogP contribution in [0, 0.1) is 0 Å². The van der Waals surface area contributed by atoms with E-state index in [9.17, 15) is 9.11 Å². The van der Waals surface area contributed by atoms with Crippen molar-refractivity contribution in [1.82, 2.24) is 0 Å². The average Bonchev–Trinajstić information content (AvgIpc) is 3.24. The van der Waals surface area contributed by atoms with Gasteiger partial charge in [0, 0.05) is 22.5 Å².